The van der Waals surface area contributed by atoms with Crippen LogP contribution in [-0.2, 0) is 0 Å². The summed E-state index contributed by atoms with van der Waals surface area (Å²) in [5.41, 5.74) is 8.96. The van der Waals surface area contributed by atoms with Crippen molar-refractivity contribution in [1.82, 2.24) is 0 Å². The summed E-state index contributed by atoms with van der Waals surface area (Å²) < 4.78 is 0. The molecule has 0 bridgehead atoms. The Morgan fingerprint density at radius 3 is 1.77 bits per heavy atom. The molecule has 0 unspecified atom stereocenters. The van der Waals surface area contributed by atoms with Crippen LogP contribution in [0.5, 0.6) is 0 Å². The molecule has 0 aromatic heterocycles. The second kappa shape index (κ2) is 10.2. The van der Waals surface area contributed by atoms with E-state index in [9.17, 15) is 0 Å². The van der Waals surface area contributed by atoms with Crippen LogP contribution in [0.15, 0.2) is 121 Å². The third kappa shape index (κ3) is 5.18. The van der Waals surface area contributed by atoms with Gasteiger partial charge in [-0.1, -0.05) is 66.2 Å². The van der Waals surface area contributed by atoms with Crippen LogP contribution in [0, 0.1) is 13.8 Å². The first-order chi connectivity index (χ1) is 17.1. The average molecular weight is 477 g/mol. The van der Waals surface area contributed by atoms with Gasteiger partial charge in [0.05, 0.1) is 0 Å². The fourth-order valence-electron chi connectivity index (χ4n) is 4.59. The Labute approximate surface area is 213 Å². The van der Waals surface area contributed by atoms with Crippen molar-refractivity contribution < 1.29 is 0 Å². The molecule has 4 aromatic rings. The summed E-state index contributed by atoms with van der Waals surface area (Å²) in [6.07, 6.45) is 8.86. The first kappa shape index (κ1) is 23.0. The molecule has 174 valence electrons. The highest BCUT2D eigenvalue weighted by atomic mass is 35.5. The highest BCUT2D eigenvalue weighted by Crippen LogP contribution is 2.41. The van der Waals surface area contributed by atoms with Crippen LogP contribution in [0.2, 0.25) is 5.02 Å². The van der Waals surface area contributed by atoms with Crippen molar-refractivity contribution >= 4 is 40.0 Å². The van der Waals surface area contributed by atoms with Gasteiger partial charge in [-0.15, -0.1) is 0 Å². The van der Waals surface area contributed by atoms with Crippen LogP contribution in [0.4, 0.5) is 28.4 Å². The second-order valence-electron chi connectivity index (χ2n) is 8.96. The lowest BCUT2D eigenvalue weighted by Gasteiger charge is -2.31. The normalized spacial score (nSPS) is 12.8. The standard InChI is InChI=1S/C32H29ClN2/c1-24-11-9-17-29(19-24)34(27-13-5-3-6-14-27)31-21-26(33)22-32(23-31)35(28-15-7-4-8-16-28)30-18-10-12-25(2)20-30/h3,5-7,9-23H,4,8H2,1-2H3. The van der Waals surface area contributed by atoms with Crippen molar-refractivity contribution in [3.63, 3.8) is 0 Å². The Morgan fingerprint density at radius 2 is 1.17 bits per heavy atom. The first-order valence-electron chi connectivity index (χ1n) is 12.0. The van der Waals surface area contributed by atoms with Gasteiger partial charge in [-0.25, -0.2) is 0 Å². The molecule has 1 aliphatic carbocycles. The summed E-state index contributed by atoms with van der Waals surface area (Å²) >= 11 is 6.81. The van der Waals surface area contributed by atoms with Gasteiger partial charge in [-0.3, -0.25) is 0 Å². The van der Waals surface area contributed by atoms with Crippen molar-refractivity contribution in [2.75, 3.05) is 9.80 Å². The molecule has 0 N–H and O–H groups in total. The van der Waals surface area contributed by atoms with Gasteiger partial charge in [0.2, 0.25) is 0 Å². The maximum Gasteiger partial charge on any atom is 0.0497 e. The number of hydrogen-bond acceptors (Lipinski definition) is 2. The zero-order valence-corrected chi connectivity index (χ0v) is 20.9. The molecule has 0 fully saturated rings. The van der Waals surface area contributed by atoms with Gasteiger partial charge in [-0.05, 0) is 98.5 Å². The Kier molecular flexibility index (Phi) is 6.74. The first-order valence-corrected chi connectivity index (χ1v) is 12.4. The molecular formula is C32H29ClN2. The Hall–Kier alpha value is -3.75. The maximum atomic E-state index is 6.81. The minimum absolute atomic E-state index is 0.698. The van der Waals surface area contributed by atoms with Crippen LogP contribution in [-0.4, -0.2) is 0 Å². The van der Waals surface area contributed by atoms with E-state index < -0.39 is 0 Å². The van der Waals surface area contributed by atoms with Crippen LogP contribution < -0.4 is 9.80 Å². The van der Waals surface area contributed by atoms with E-state index in [-0.39, 0.29) is 0 Å². The molecule has 5 rings (SSSR count). The summed E-state index contributed by atoms with van der Waals surface area (Å²) in [6.45, 7) is 4.25. The number of anilines is 5. The lowest BCUT2D eigenvalue weighted by Crippen LogP contribution is -2.17. The number of nitrogens with zero attached hydrogens (tertiary/aromatic N) is 2. The zero-order chi connectivity index (χ0) is 24.2. The molecule has 0 atom stereocenters. The van der Waals surface area contributed by atoms with E-state index in [1.54, 1.807) is 0 Å². The van der Waals surface area contributed by atoms with E-state index >= 15 is 0 Å². The van der Waals surface area contributed by atoms with Crippen LogP contribution in [0.25, 0.3) is 0 Å². The minimum atomic E-state index is 0.698. The molecule has 0 saturated heterocycles. The van der Waals surface area contributed by atoms with Crippen molar-refractivity contribution in [1.29, 1.82) is 0 Å². The number of allylic oxidation sites excluding steroid dienone is 3. The van der Waals surface area contributed by atoms with Crippen molar-refractivity contribution in [3.05, 3.63) is 137 Å². The smallest absolute Gasteiger partial charge is 0.0497 e. The van der Waals surface area contributed by atoms with Gasteiger partial charge >= 0.3 is 0 Å². The zero-order valence-electron chi connectivity index (χ0n) is 20.2. The van der Waals surface area contributed by atoms with Crippen LogP contribution in [0.1, 0.15) is 24.0 Å². The van der Waals surface area contributed by atoms with E-state index in [0.717, 1.165) is 47.0 Å². The maximum absolute atomic E-state index is 6.81. The van der Waals surface area contributed by atoms with E-state index in [1.165, 1.54) is 11.1 Å². The van der Waals surface area contributed by atoms with E-state index in [4.69, 9.17) is 11.6 Å². The van der Waals surface area contributed by atoms with Crippen molar-refractivity contribution in [2.45, 2.75) is 26.7 Å². The molecule has 0 amide bonds. The number of rotatable bonds is 6. The molecule has 2 nitrogen and oxygen atoms in total. The molecule has 1 aliphatic rings. The summed E-state index contributed by atoms with van der Waals surface area (Å²) in [7, 11) is 0. The molecular weight excluding hydrogens is 448 g/mol. The Balaban J connectivity index is 1.69. The van der Waals surface area contributed by atoms with Crippen molar-refractivity contribution in [3.8, 4) is 0 Å². The van der Waals surface area contributed by atoms with Gasteiger partial charge < -0.3 is 9.80 Å². The number of hydrogen-bond donors (Lipinski definition) is 0. The third-order valence-corrected chi connectivity index (χ3v) is 6.37. The monoisotopic (exact) mass is 476 g/mol. The van der Waals surface area contributed by atoms with Gasteiger partial charge in [0.25, 0.3) is 0 Å². The summed E-state index contributed by atoms with van der Waals surface area (Å²) in [5.74, 6) is 0. The van der Waals surface area contributed by atoms with Gasteiger partial charge in [0, 0.05) is 39.2 Å². The highest BCUT2D eigenvalue weighted by Gasteiger charge is 2.19. The quantitative estimate of drug-likeness (QED) is 0.273. The minimum Gasteiger partial charge on any atom is -0.311 e. The van der Waals surface area contributed by atoms with Crippen LogP contribution in [0.3, 0.4) is 0 Å². The molecule has 4 aromatic carbocycles. The number of para-hydroxylation sites is 1. The third-order valence-electron chi connectivity index (χ3n) is 6.15. The van der Waals surface area contributed by atoms with E-state index in [2.05, 4.69) is 127 Å². The van der Waals surface area contributed by atoms with Crippen LogP contribution >= 0.6 is 11.6 Å². The van der Waals surface area contributed by atoms with Crippen molar-refractivity contribution in [2.24, 2.45) is 0 Å². The molecule has 0 aliphatic heterocycles. The SMILES string of the molecule is Cc1cccc(N(C2=CCCC=C2)c2cc(Cl)cc(N(c3ccccc3)c3cccc(C)c3)c2)c1. The Bertz CT molecular complexity index is 1390. The van der Waals surface area contributed by atoms with Gasteiger partial charge in [0.1, 0.15) is 0 Å². The van der Waals surface area contributed by atoms with Gasteiger partial charge in [0.15, 0.2) is 0 Å². The molecule has 35 heavy (non-hydrogen) atoms. The summed E-state index contributed by atoms with van der Waals surface area (Å²) in [5, 5.41) is 0.698. The lowest BCUT2D eigenvalue weighted by molar-refractivity contribution is 0.997. The molecule has 0 radical (unpaired) electrons. The summed E-state index contributed by atoms with van der Waals surface area (Å²) in [4.78, 5) is 4.57. The molecule has 3 heteroatoms. The fourth-order valence-corrected chi connectivity index (χ4v) is 4.81. The Morgan fingerprint density at radius 1 is 0.571 bits per heavy atom. The average Bonchev–Trinajstić information content (AvgIpc) is 2.86. The predicted octanol–water partition coefficient (Wildman–Crippen LogP) is 9.80. The number of benzene rings is 4. The highest BCUT2D eigenvalue weighted by molar-refractivity contribution is 6.31. The lowest BCUT2D eigenvalue weighted by atomic mass is 10.1. The predicted molar refractivity (Wildman–Crippen MR) is 151 cm³/mol. The summed E-state index contributed by atoms with van der Waals surface area (Å²) in [6, 6.07) is 34.0. The van der Waals surface area contributed by atoms with E-state index in [1.807, 2.05) is 12.1 Å². The molecule has 0 spiro atoms. The topological polar surface area (TPSA) is 6.48 Å². The number of aryl methyl sites for hydroxylation is 2. The van der Waals surface area contributed by atoms with E-state index in [0.29, 0.717) is 5.02 Å². The molecule has 0 saturated carbocycles. The molecule has 0 heterocycles. The fraction of sp³-hybridized carbons (Fsp3) is 0.125. The van der Waals surface area contributed by atoms with Gasteiger partial charge in [-0.2, -0.15) is 0 Å². The second-order valence-corrected chi connectivity index (χ2v) is 9.40. The largest absolute Gasteiger partial charge is 0.311 e. The number of halogens is 1.